The number of carbonyl (C=O) groups excluding carboxylic acids is 2. The highest BCUT2D eigenvalue weighted by molar-refractivity contribution is 6.30. The number of phenolic OH excluding ortho intramolecular Hbond substituents is 1. The number of aromatic hydroxyl groups is 1. The summed E-state index contributed by atoms with van der Waals surface area (Å²) in [6.45, 7) is 1.84. The van der Waals surface area contributed by atoms with Gasteiger partial charge in [-0.1, -0.05) is 0 Å². The zero-order valence-corrected chi connectivity index (χ0v) is 16.3. The smallest absolute Gasteiger partial charge is 0.208 e. The van der Waals surface area contributed by atoms with Gasteiger partial charge in [-0.05, 0) is 25.0 Å². The highest BCUT2D eigenvalue weighted by atomic mass is 16.7. The van der Waals surface area contributed by atoms with Crippen LogP contribution >= 0.6 is 0 Å². The van der Waals surface area contributed by atoms with Crippen LogP contribution in [0.1, 0.15) is 69.7 Å². The summed E-state index contributed by atoms with van der Waals surface area (Å²) in [5.74, 6) is -0.915. The molecule has 0 saturated carbocycles. The van der Waals surface area contributed by atoms with E-state index in [4.69, 9.17) is 18.9 Å². The van der Waals surface area contributed by atoms with Gasteiger partial charge in [-0.2, -0.15) is 0 Å². The fourth-order valence-corrected chi connectivity index (χ4v) is 4.56. The van der Waals surface area contributed by atoms with Gasteiger partial charge in [0.2, 0.25) is 11.6 Å². The molecule has 2 aliphatic heterocycles. The molecule has 0 spiro atoms. The van der Waals surface area contributed by atoms with Gasteiger partial charge in [0.25, 0.3) is 0 Å². The lowest BCUT2D eigenvalue weighted by molar-refractivity contribution is -0.243. The molecule has 0 amide bonds. The fourth-order valence-electron chi connectivity index (χ4n) is 4.56. The number of rotatable bonds is 2. The van der Waals surface area contributed by atoms with Crippen LogP contribution in [0.5, 0.6) is 23.0 Å². The zero-order valence-electron chi connectivity index (χ0n) is 16.3. The number of ketones is 2. The van der Waals surface area contributed by atoms with Crippen molar-refractivity contribution in [3.8, 4) is 23.0 Å². The van der Waals surface area contributed by atoms with Crippen molar-refractivity contribution >= 4 is 11.6 Å². The van der Waals surface area contributed by atoms with E-state index in [0.29, 0.717) is 29.9 Å². The molecule has 2 aromatic carbocycles. The quantitative estimate of drug-likeness (QED) is 0.708. The number of benzene rings is 2. The predicted molar refractivity (Wildman–Crippen MR) is 101 cm³/mol. The van der Waals surface area contributed by atoms with E-state index in [0.717, 1.165) is 6.42 Å². The Morgan fingerprint density at radius 1 is 1.07 bits per heavy atom. The molecule has 1 saturated heterocycles. The molecule has 7 heteroatoms. The Balaban J connectivity index is 1.76. The van der Waals surface area contributed by atoms with E-state index in [1.807, 2.05) is 6.92 Å². The number of ether oxygens (including phenoxy) is 4. The third-order valence-corrected chi connectivity index (χ3v) is 5.91. The van der Waals surface area contributed by atoms with Crippen LogP contribution in [0.25, 0.3) is 0 Å². The van der Waals surface area contributed by atoms with Crippen LogP contribution in [0.4, 0.5) is 0 Å². The van der Waals surface area contributed by atoms with Crippen LogP contribution in [0.15, 0.2) is 18.2 Å². The first-order valence-electron chi connectivity index (χ1n) is 9.49. The molecule has 1 N–H and O–H groups in total. The molecular weight excluding hydrogens is 376 g/mol. The number of phenols is 1. The average Bonchev–Trinajstić information content (AvgIpc) is 2.69. The van der Waals surface area contributed by atoms with Crippen molar-refractivity contribution in [2.45, 2.75) is 38.1 Å². The number of fused-ring (bicyclic) bond motifs is 6. The molecule has 150 valence electrons. The maximum Gasteiger partial charge on any atom is 0.208 e. The first-order chi connectivity index (χ1) is 13.9. The Morgan fingerprint density at radius 3 is 2.55 bits per heavy atom. The summed E-state index contributed by atoms with van der Waals surface area (Å²) in [4.78, 5) is 26.7. The van der Waals surface area contributed by atoms with Crippen molar-refractivity contribution in [2.75, 3.05) is 14.2 Å². The molecule has 3 aliphatic rings. The molecule has 0 aromatic heterocycles. The first kappa shape index (κ1) is 18.0. The summed E-state index contributed by atoms with van der Waals surface area (Å²) in [7, 11) is 2.89. The molecule has 0 radical (unpaired) electrons. The van der Waals surface area contributed by atoms with Crippen LogP contribution in [-0.2, 0) is 4.74 Å². The minimum Gasteiger partial charge on any atom is -0.507 e. The summed E-state index contributed by atoms with van der Waals surface area (Å²) in [6, 6.07) is 4.61. The van der Waals surface area contributed by atoms with Crippen LogP contribution in [0.2, 0.25) is 0 Å². The van der Waals surface area contributed by atoms with Gasteiger partial charge >= 0.3 is 0 Å². The summed E-state index contributed by atoms with van der Waals surface area (Å²) < 4.78 is 22.6. The highest BCUT2D eigenvalue weighted by Crippen LogP contribution is 2.53. The molecule has 1 fully saturated rings. The summed E-state index contributed by atoms with van der Waals surface area (Å²) in [6.07, 6.45) is 1.91. The van der Waals surface area contributed by atoms with Crippen LogP contribution in [-0.4, -0.2) is 36.7 Å². The monoisotopic (exact) mass is 396 g/mol. The topological polar surface area (TPSA) is 91.3 Å². The second-order valence-corrected chi connectivity index (χ2v) is 7.70. The Kier molecular flexibility index (Phi) is 3.70. The van der Waals surface area contributed by atoms with E-state index in [2.05, 4.69) is 0 Å². The van der Waals surface area contributed by atoms with Gasteiger partial charge in [0.15, 0.2) is 5.78 Å². The van der Waals surface area contributed by atoms with Gasteiger partial charge in [0.1, 0.15) is 23.0 Å². The summed E-state index contributed by atoms with van der Waals surface area (Å²) >= 11 is 0. The first-order valence-corrected chi connectivity index (χ1v) is 9.49. The predicted octanol–water partition coefficient (Wildman–Crippen LogP) is 3.54. The SMILES string of the molecule is COc1cc(OC)c2c(c1)C(=O)c1cc3c(c(O)c1C2=O)[C@@H]1CCC[C@](C)(O3)O1. The van der Waals surface area contributed by atoms with Gasteiger partial charge < -0.3 is 24.1 Å². The van der Waals surface area contributed by atoms with E-state index in [9.17, 15) is 14.7 Å². The summed E-state index contributed by atoms with van der Waals surface area (Å²) in [5.41, 5.74) is 0.797. The number of methoxy groups -OCH3 is 2. The van der Waals surface area contributed by atoms with E-state index >= 15 is 0 Å². The van der Waals surface area contributed by atoms with Gasteiger partial charge in [-0.15, -0.1) is 0 Å². The maximum absolute atomic E-state index is 13.4. The molecule has 2 aromatic rings. The molecule has 7 nitrogen and oxygen atoms in total. The van der Waals surface area contributed by atoms with Crippen LogP contribution in [0.3, 0.4) is 0 Å². The molecular formula is C22H20O7. The third kappa shape index (κ3) is 2.40. The lowest BCUT2D eigenvalue weighted by Gasteiger charge is -2.44. The van der Waals surface area contributed by atoms with E-state index in [1.54, 1.807) is 12.1 Å². The van der Waals surface area contributed by atoms with Crippen molar-refractivity contribution in [1.82, 2.24) is 0 Å². The second-order valence-electron chi connectivity index (χ2n) is 7.70. The molecule has 1 aliphatic carbocycles. The van der Waals surface area contributed by atoms with Gasteiger partial charge in [-0.3, -0.25) is 9.59 Å². The Labute approximate surface area is 167 Å². The number of hydrogen-bond donors (Lipinski definition) is 1. The minimum absolute atomic E-state index is 0.0360. The van der Waals surface area contributed by atoms with Crippen LogP contribution in [0, 0.1) is 0 Å². The zero-order chi connectivity index (χ0) is 20.5. The average molecular weight is 396 g/mol. The van der Waals surface area contributed by atoms with Crippen molar-refractivity contribution in [2.24, 2.45) is 0 Å². The number of hydrogen-bond acceptors (Lipinski definition) is 7. The highest BCUT2D eigenvalue weighted by Gasteiger charge is 2.46. The number of carbonyl (C=O) groups is 2. The Hall–Kier alpha value is -3.06. The van der Waals surface area contributed by atoms with Crippen molar-refractivity contribution in [3.05, 3.63) is 46.0 Å². The van der Waals surface area contributed by atoms with Crippen molar-refractivity contribution in [1.29, 1.82) is 0 Å². The van der Waals surface area contributed by atoms with Crippen LogP contribution < -0.4 is 14.2 Å². The minimum atomic E-state index is -0.803. The van der Waals surface area contributed by atoms with E-state index in [-0.39, 0.29) is 39.9 Å². The molecule has 29 heavy (non-hydrogen) atoms. The van der Waals surface area contributed by atoms with Gasteiger partial charge in [-0.25, -0.2) is 0 Å². The maximum atomic E-state index is 13.4. The van der Waals surface area contributed by atoms with E-state index in [1.165, 1.54) is 20.3 Å². The molecule has 0 unspecified atom stereocenters. The molecule has 5 rings (SSSR count). The Morgan fingerprint density at radius 2 is 1.83 bits per heavy atom. The lowest BCUT2D eigenvalue weighted by atomic mass is 9.80. The van der Waals surface area contributed by atoms with E-state index < -0.39 is 17.4 Å². The lowest BCUT2D eigenvalue weighted by Crippen LogP contribution is -2.44. The fraction of sp³-hybridized carbons (Fsp3) is 0.364. The standard InChI is InChI=1S/C22H20O7/c1-22-6-4-5-13(28-22)18-15(29-22)9-12-17(21(18)25)20(24)16-11(19(12)23)7-10(26-2)8-14(16)27-3/h7-9,13,25H,4-6H2,1-3H3/t13-,22-/m0/s1. The van der Waals surface area contributed by atoms with Crippen molar-refractivity contribution in [3.63, 3.8) is 0 Å². The molecule has 2 atom stereocenters. The van der Waals surface area contributed by atoms with Gasteiger partial charge in [0.05, 0.1) is 37.0 Å². The third-order valence-electron chi connectivity index (χ3n) is 5.91. The molecule has 2 bridgehead atoms. The Bertz CT molecular complexity index is 1090. The molecule has 2 heterocycles. The summed E-state index contributed by atoms with van der Waals surface area (Å²) in [5, 5.41) is 11.1. The second kappa shape index (κ2) is 5.97. The van der Waals surface area contributed by atoms with Crippen molar-refractivity contribution < 1.29 is 33.6 Å². The largest absolute Gasteiger partial charge is 0.507 e. The normalized spacial score (nSPS) is 24.2. The van der Waals surface area contributed by atoms with Gasteiger partial charge in [0, 0.05) is 30.5 Å².